The number of amides is 2. The Morgan fingerprint density at radius 1 is 0.943 bits per heavy atom. The topological polar surface area (TPSA) is 93.9 Å². The van der Waals surface area contributed by atoms with Gasteiger partial charge in [0.2, 0.25) is 11.8 Å². The maximum atomic E-state index is 13.9. The fourth-order valence-corrected chi connectivity index (χ4v) is 3.78. The molecule has 1 heterocycles. The molecule has 2 amide bonds. The molecule has 0 radical (unpaired) electrons. The third-order valence-corrected chi connectivity index (χ3v) is 5.52. The van der Waals surface area contributed by atoms with Crippen LogP contribution in [-0.4, -0.2) is 62.2 Å². The molecule has 0 fully saturated rings. The largest absolute Gasteiger partial charge is 0.446 e. The van der Waals surface area contributed by atoms with Crippen molar-refractivity contribution in [3.63, 3.8) is 0 Å². The van der Waals surface area contributed by atoms with Crippen LogP contribution >= 0.6 is 0 Å². The second kappa shape index (κ2) is 14.0. The molecule has 2 aromatic carbocycles. The van der Waals surface area contributed by atoms with E-state index in [9.17, 15) is 9.59 Å². The Bertz CT molecular complexity index is 1000. The maximum Gasteiger partial charge on any atom is 0.273 e. The molecule has 0 aliphatic heterocycles. The molecule has 0 bridgehead atoms. The van der Waals surface area contributed by atoms with Gasteiger partial charge in [-0.1, -0.05) is 60.7 Å². The monoisotopic (exact) mass is 479 g/mol. The molecule has 186 valence electrons. The molecule has 8 nitrogen and oxygen atoms in total. The number of carbonyl (C=O) groups is 2. The summed E-state index contributed by atoms with van der Waals surface area (Å²) in [5, 5.41) is 2.79. The van der Waals surface area contributed by atoms with Crippen LogP contribution in [0.3, 0.4) is 0 Å². The molecular weight excluding hydrogens is 446 g/mol. The van der Waals surface area contributed by atoms with Crippen molar-refractivity contribution >= 4 is 11.8 Å². The van der Waals surface area contributed by atoms with E-state index in [0.29, 0.717) is 45.0 Å². The first-order chi connectivity index (χ1) is 17.1. The van der Waals surface area contributed by atoms with Gasteiger partial charge in [0.15, 0.2) is 5.69 Å². The lowest BCUT2D eigenvalue weighted by atomic mass is 9.90. The maximum absolute atomic E-state index is 13.9. The van der Waals surface area contributed by atoms with Crippen LogP contribution < -0.4 is 5.32 Å². The molecule has 0 atom stereocenters. The summed E-state index contributed by atoms with van der Waals surface area (Å²) in [5.74, 6) is -0.557. The van der Waals surface area contributed by atoms with Crippen molar-refractivity contribution in [2.24, 2.45) is 0 Å². The second-order valence-electron chi connectivity index (χ2n) is 8.09. The summed E-state index contributed by atoms with van der Waals surface area (Å²) < 4.78 is 15.8. The molecule has 35 heavy (non-hydrogen) atoms. The number of hydrogen-bond donors (Lipinski definition) is 1. The van der Waals surface area contributed by atoms with Gasteiger partial charge in [-0.25, -0.2) is 4.98 Å². The summed E-state index contributed by atoms with van der Waals surface area (Å²) in [6.45, 7) is 2.17. The molecule has 0 unspecified atom stereocenters. The van der Waals surface area contributed by atoms with Crippen molar-refractivity contribution in [2.75, 3.05) is 40.5 Å². The molecule has 3 aromatic rings. The lowest BCUT2D eigenvalue weighted by molar-refractivity contribution is -0.133. The van der Waals surface area contributed by atoms with Crippen LogP contribution in [0.4, 0.5) is 0 Å². The minimum atomic E-state index is -0.474. The van der Waals surface area contributed by atoms with Gasteiger partial charge in [-0.05, 0) is 24.0 Å². The van der Waals surface area contributed by atoms with E-state index in [1.165, 1.54) is 6.26 Å². The van der Waals surface area contributed by atoms with Crippen LogP contribution in [0.5, 0.6) is 0 Å². The molecule has 0 saturated carbocycles. The molecule has 0 aliphatic rings. The SMILES string of the molecule is COCCCNC(=O)c1coc(CN(CCCOC)C(=O)C(c2ccccc2)c2ccccc2)n1. The Morgan fingerprint density at radius 3 is 2.14 bits per heavy atom. The van der Waals surface area contributed by atoms with Crippen LogP contribution in [0.15, 0.2) is 71.3 Å². The summed E-state index contributed by atoms with van der Waals surface area (Å²) in [7, 11) is 3.25. The number of benzene rings is 2. The molecule has 0 spiro atoms. The highest BCUT2D eigenvalue weighted by Gasteiger charge is 2.28. The lowest BCUT2D eigenvalue weighted by Gasteiger charge is -2.27. The van der Waals surface area contributed by atoms with E-state index in [1.54, 1.807) is 19.1 Å². The highest BCUT2D eigenvalue weighted by Crippen LogP contribution is 2.27. The quantitative estimate of drug-likeness (QED) is 0.355. The molecule has 0 aliphatic carbocycles. The van der Waals surface area contributed by atoms with Crippen molar-refractivity contribution < 1.29 is 23.5 Å². The van der Waals surface area contributed by atoms with Crippen LogP contribution in [0.25, 0.3) is 0 Å². The average Bonchev–Trinajstić information content (AvgIpc) is 3.36. The van der Waals surface area contributed by atoms with Crippen LogP contribution in [0.1, 0.15) is 46.3 Å². The molecule has 1 N–H and O–H groups in total. The zero-order chi connectivity index (χ0) is 24.9. The van der Waals surface area contributed by atoms with Crippen LogP contribution in [0, 0.1) is 0 Å². The molecule has 3 rings (SSSR count). The average molecular weight is 480 g/mol. The summed E-state index contributed by atoms with van der Waals surface area (Å²) >= 11 is 0. The second-order valence-corrected chi connectivity index (χ2v) is 8.09. The highest BCUT2D eigenvalue weighted by molar-refractivity contribution is 5.92. The number of nitrogens with one attached hydrogen (secondary N) is 1. The minimum Gasteiger partial charge on any atom is -0.446 e. The van der Waals surface area contributed by atoms with Crippen molar-refractivity contribution in [3.8, 4) is 0 Å². The summed E-state index contributed by atoms with van der Waals surface area (Å²) in [5.41, 5.74) is 2.00. The van der Waals surface area contributed by atoms with Gasteiger partial charge in [-0.3, -0.25) is 9.59 Å². The number of ether oxygens (including phenoxy) is 2. The van der Waals surface area contributed by atoms with Crippen molar-refractivity contribution in [3.05, 3.63) is 89.6 Å². The van der Waals surface area contributed by atoms with Gasteiger partial charge in [0, 0.05) is 40.5 Å². The van der Waals surface area contributed by atoms with Gasteiger partial charge in [-0.15, -0.1) is 0 Å². The Labute approximate surface area is 206 Å². The third kappa shape index (κ3) is 7.77. The van der Waals surface area contributed by atoms with E-state index in [-0.39, 0.29) is 24.1 Å². The van der Waals surface area contributed by atoms with Crippen LogP contribution in [0.2, 0.25) is 0 Å². The summed E-state index contributed by atoms with van der Waals surface area (Å²) in [6.07, 6.45) is 2.69. The van der Waals surface area contributed by atoms with E-state index < -0.39 is 5.92 Å². The van der Waals surface area contributed by atoms with Gasteiger partial charge >= 0.3 is 0 Å². The molecular formula is C27H33N3O5. The van der Waals surface area contributed by atoms with Crippen molar-refractivity contribution in [2.45, 2.75) is 25.3 Å². The zero-order valence-electron chi connectivity index (χ0n) is 20.3. The van der Waals surface area contributed by atoms with Gasteiger partial charge in [-0.2, -0.15) is 0 Å². The number of oxazole rings is 1. The Hall–Kier alpha value is -3.49. The van der Waals surface area contributed by atoms with Gasteiger partial charge < -0.3 is 24.1 Å². The molecule has 8 heteroatoms. The first-order valence-electron chi connectivity index (χ1n) is 11.7. The molecule has 1 aromatic heterocycles. The predicted octanol–water partition coefficient (Wildman–Crippen LogP) is 3.64. The fraction of sp³-hybridized carbons (Fsp3) is 0.370. The number of methoxy groups -OCH3 is 2. The predicted molar refractivity (Wildman–Crippen MR) is 132 cm³/mol. The number of aromatic nitrogens is 1. The van der Waals surface area contributed by atoms with Gasteiger partial charge in [0.05, 0.1) is 12.5 Å². The van der Waals surface area contributed by atoms with E-state index >= 15 is 0 Å². The highest BCUT2D eigenvalue weighted by atomic mass is 16.5. The first kappa shape index (κ1) is 26.1. The lowest BCUT2D eigenvalue weighted by Crippen LogP contribution is -2.36. The Balaban J connectivity index is 1.79. The van der Waals surface area contributed by atoms with Crippen molar-refractivity contribution in [1.82, 2.24) is 15.2 Å². The zero-order valence-corrected chi connectivity index (χ0v) is 20.3. The smallest absolute Gasteiger partial charge is 0.273 e. The standard InChI is InChI=1S/C27H33N3O5/c1-33-17-9-15-28-26(31)23-20-35-24(29-23)19-30(16-10-18-34-2)27(32)25(21-11-5-3-6-12-21)22-13-7-4-8-14-22/h3-8,11-14,20,25H,9-10,15-19H2,1-2H3,(H,28,31). The third-order valence-electron chi connectivity index (χ3n) is 5.52. The molecule has 0 saturated heterocycles. The summed E-state index contributed by atoms with van der Waals surface area (Å²) in [6, 6.07) is 19.4. The van der Waals surface area contributed by atoms with E-state index in [4.69, 9.17) is 13.9 Å². The summed E-state index contributed by atoms with van der Waals surface area (Å²) in [4.78, 5) is 32.3. The Kier molecular flexibility index (Phi) is 10.5. The Morgan fingerprint density at radius 2 is 1.54 bits per heavy atom. The number of hydrogen-bond acceptors (Lipinski definition) is 6. The fourth-order valence-electron chi connectivity index (χ4n) is 3.78. The van der Waals surface area contributed by atoms with E-state index in [2.05, 4.69) is 10.3 Å². The van der Waals surface area contributed by atoms with Gasteiger partial charge in [0.1, 0.15) is 6.26 Å². The van der Waals surface area contributed by atoms with E-state index in [0.717, 1.165) is 11.1 Å². The number of nitrogens with zero attached hydrogens (tertiary/aromatic N) is 2. The normalized spacial score (nSPS) is 10.9. The van der Waals surface area contributed by atoms with Crippen molar-refractivity contribution in [1.29, 1.82) is 0 Å². The minimum absolute atomic E-state index is 0.0673. The van der Waals surface area contributed by atoms with Gasteiger partial charge in [0.25, 0.3) is 5.91 Å². The number of carbonyl (C=O) groups excluding carboxylic acids is 2. The van der Waals surface area contributed by atoms with E-state index in [1.807, 2.05) is 60.7 Å². The number of rotatable bonds is 14. The van der Waals surface area contributed by atoms with Crippen LogP contribution in [-0.2, 0) is 20.8 Å². The first-order valence-corrected chi connectivity index (χ1v) is 11.7.